The van der Waals surface area contributed by atoms with Gasteiger partial charge in [0.15, 0.2) is 0 Å². The highest BCUT2D eigenvalue weighted by Gasteiger charge is 2.03. The lowest BCUT2D eigenvalue weighted by atomic mass is 10.1. The van der Waals surface area contributed by atoms with E-state index in [0.717, 1.165) is 30.8 Å². The lowest BCUT2D eigenvalue weighted by molar-refractivity contribution is 0.413. The monoisotopic (exact) mass is 256 g/mol. The molecule has 2 aromatic rings. The predicted molar refractivity (Wildman–Crippen MR) is 71.7 cm³/mol. The van der Waals surface area contributed by atoms with Crippen LogP contribution in [0.3, 0.4) is 0 Å². The minimum atomic E-state index is 0.565. The molecule has 0 saturated heterocycles. The molecule has 5 nitrogen and oxygen atoms in total. The van der Waals surface area contributed by atoms with Crippen molar-refractivity contribution >= 4 is 0 Å². The van der Waals surface area contributed by atoms with Gasteiger partial charge in [-0.1, -0.05) is 6.07 Å². The minimum Gasteiger partial charge on any atom is -0.495 e. The molecule has 2 N–H and O–H groups in total. The highest BCUT2D eigenvalue weighted by atomic mass is 16.5. The number of hydrogen-bond donors (Lipinski definition) is 2. The van der Waals surface area contributed by atoms with E-state index in [1.807, 2.05) is 24.4 Å². The number of nitriles is 1. The molecule has 98 valence electrons. The van der Waals surface area contributed by atoms with Gasteiger partial charge in [0.05, 0.1) is 19.0 Å². The number of hydrogen-bond acceptors (Lipinski definition) is 4. The molecule has 0 aliphatic carbocycles. The second kappa shape index (κ2) is 6.57. The third-order valence-corrected chi connectivity index (χ3v) is 2.84. The van der Waals surface area contributed by atoms with Crippen molar-refractivity contribution in [2.24, 2.45) is 0 Å². The summed E-state index contributed by atoms with van der Waals surface area (Å²) in [4.78, 5) is 7.03. The molecule has 1 aromatic heterocycles. The fourth-order valence-corrected chi connectivity index (χ4v) is 1.83. The summed E-state index contributed by atoms with van der Waals surface area (Å²) in [5.41, 5.74) is 2.75. The van der Waals surface area contributed by atoms with Crippen molar-refractivity contribution in [2.75, 3.05) is 13.7 Å². The quantitative estimate of drug-likeness (QED) is 0.770. The van der Waals surface area contributed by atoms with E-state index in [0.29, 0.717) is 11.3 Å². The van der Waals surface area contributed by atoms with E-state index in [1.165, 1.54) is 0 Å². The summed E-state index contributed by atoms with van der Waals surface area (Å²) in [7, 11) is 1.57. The number of aromatic nitrogens is 2. The summed E-state index contributed by atoms with van der Waals surface area (Å²) in [5.74, 6) is 0.615. The molecule has 0 spiro atoms. The van der Waals surface area contributed by atoms with E-state index in [-0.39, 0.29) is 0 Å². The maximum absolute atomic E-state index is 9.01. The number of benzene rings is 1. The van der Waals surface area contributed by atoms with Gasteiger partial charge in [0.1, 0.15) is 11.8 Å². The molecule has 19 heavy (non-hydrogen) atoms. The van der Waals surface area contributed by atoms with E-state index in [2.05, 4.69) is 21.4 Å². The smallest absolute Gasteiger partial charge is 0.136 e. The van der Waals surface area contributed by atoms with E-state index in [9.17, 15) is 0 Å². The molecule has 1 heterocycles. The van der Waals surface area contributed by atoms with Gasteiger partial charge in [-0.15, -0.1) is 0 Å². The number of aromatic amines is 1. The number of imidazole rings is 1. The molecule has 0 amide bonds. The average Bonchev–Trinajstić information content (AvgIpc) is 2.96. The van der Waals surface area contributed by atoms with Crippen LogP contribution in [-0.4, -0.2) is 23.6 Å². The van der Waals surface area contributed by atoms with Gasteiger partial charge in [-0.05, 0) is 17.7 Å². The Hall–Kier alpha value is -2.32. The molecular weight excluding hydrogens is 240 g/mol. The fraction of sp³-hybridized carbons (Fsp3) is 0.286. The van der Waals surface area contributed by atoms with Gasteiger partial charge in [-0.3, -0.25) is 0 Å². The Morgan fingerprint density at radius 3 is 3.05 bits per heavy atom. The van der Waals surface area contributed by atoms with Gasteiger partial charge >= 0.3 is 0 Å². The van der Waals surface area contributed by atoms with Crippen LogP contribution in [0, 0.1) is 11.3 Å². The predicted octanol–water partition coefficient (Wildman–Crippen LogP) is 1.62. The fourth-order valence-electron chi connectivity index (χ4n) is 1.83. The van der Waals surface area contributed by atoms with Crippen LogP contribution in [0.4, 0.5) is 0 Å². The Bertz CT molecular complexity index is 557. The molecule has 1 aromatic carbocycles. The van der Waals surface area contributed by atoms with Crippen LogP contribution >= 0.6 is 0 Å². The van der Waals surface area contributed by atoms with Crippen LogP contribution in [-0.2, 0) is 13.0 Å². The SMILES string of the molecule is COc1ccc(CNCCc2cnc[nH]2)cc1C#N. The van der Waals surface area contributed by atoms with Gasteiger partial charge < -0.3 is 15.0 Å². The Morgan fingerprint density at radius 1 is 1.47 bits per heavy atom. The number of ether oxygens (including phenoxy) is 1. The molecule has 0 radical (unpaired) electrons. The first-order chi connectivity index (χ1) is 9.33. The van der Waals surface area contributed by atoms with Gasteiger partial charge in [0.2, 0.25) is 0 Å². The summed E-state index contributed by atoms with van der Waals surface area (Å²) < 4.78 is 5.11. The lowest BCUT2D eigenvalue weighted by Crippen LogP contribution is -2.16. The molecule has 5 heteroatoms. The Balaban J connectivity index is 1.84. The molecule has 0 aliphatic rings. The number of methoxy groups -OCH3 is 1. The van der Waals surface area contributed by atoms with Crippen LogP contribution in [0.5, 0.6) is 5.75 Å². The van der Waals surface area contributed by atoms with Crippen molar-refractivity contribution in [1.82, 2.24) is 15.3 Å². The van der Waals surface area contributed by atoms with Crippen molar-refractivity contribution in [2.45, 2.75) is 13.0 Å². The van der Waals surface area contributed by atoms with E-state index >= 15 is 0 Å². The van der Waals surface area contributed by atoms with Crippen molar-refractivity contribution in [3.05, 3.63) is 47.5 Å². The Labute approximate surface area is 112 Å². The van der Waals surface area contributed by atoms with Crippen LogP contribution in [0.15, 0.2) is 30.7 Å². The zero-order valence-electron chi connectivity index (χ0n) is 10.8. The van der Waals surface area contributed by atoms with Crippen LogP contribution in [0.1, 0.15) is 16.8 Å². The molecule has 0 aliphatic heterocycles. The number of H-pyrrole nitrogens is 1. The van der Waals surface area contributed by atoms with Crippen molar-refractivity contribution in [1.29, 1.82) is 5.26 Å². The van der Waals surface area contributed by atoms with Crippen LogP contribution < -0.4 is 10.1 Å². The van der Waals surface area contributed by atoms with Crippen molar-refractivity contribution in [3.63, 3.8) is 0 Å². The molecule has 0 bridgehead atoms. The van der Waals surface area contributed by atoms with Gasteiger partial charge in [0, 0.05) is 31.4 Å². The van der Waals surface area contributed by atoms with Crippen molar-refractivity contribution < 1.29 is 4.74 Å². The van der Waals surface area contributed by atoms with Crippen LogP contribution in [0.2, 0.25) is 0 Å². The zero-order valence-corrected chi connectivity index (χ0v) is 10.8. The zero-order chi connectivity index (χ0) is 13.5. The molecule has 0 atom stereocenters. The topological polar surface area (TPSA) is 73.7 Å². The highest BCUT2D eigenvalue weighted by Crippen LogP contribution is 2.18. The summed E-state index contributed by atoms with van der Waals surface area (Å²) in [5, 5.41) is 12.3. The Morgan fingerprint density at radius 2 is 2.37 bits per heavy atom. The van der Waals surface area contributed by atoms with E-state index in [4.69, 9.17) is 10.00 Å². The van der Waals surface area contributed by atoms with Gasteiger partial charge in [-0.25, -0.2) is 4.98 Å². The summed E-state index contributed by atoms with van der Waals surface area (Å²) in [6, 6.07) is 7.77. The molecular formula is C14H16N4O. The second-order valence-electron chi connectivity index (χ2n) is 4.15. The summed E-state index contributed by atoms with van der Waals surface area (Å²) in [6.45, 7) is 1.59. The lowest BCUT2D eigenvalue weighted by Gasteiger charge is -2.07. The van der Waals surface area contributed by atoms with E-state index < -0.39 is 0 Å². The first-order valence-electron chi connectivity index (χ1n) is 6.08. The van der Waals surface area contributed by atoms with E-state index in [1.54, 1.807) is 13.4 Å². The highest BCUT2D eigenvalue weighted by molar-refractivity contribution is 5.45. The number of nitrogens with one attached hydrogen (secondary N) is 2. The molecule has 0 fully saturated rings. The molecule has 0 saturated carbocycles. The van der Waals surface area contributed by atoms with Crippen molar-refractivity contribution in [3.8, 4) is 11.8 Å². The summed E-state index contributed by atoms with van der Waals surface area (Å²) >= 11 is 0. The molecule has 0 unspecified atom stereocenters. The standard InChI is InChI=1S/C14H16N4O/c1-19-14-3-2-11(6-12(14)7-15)8-16-5-4-13-9-17-10-18-13/h2-3,6,9-10,16H,4-5,8H2,1H3,(H,17,18). The average molecular weight is 256 g/mol. The maximum atomic E-state index is 9.01. The Kier molecular flexibility index (Phi) is 4.54. The normalized spacial score (nSPS) is 10.1. The first kappa shape index (κ1) is 13.1. The third-order valence-electron chi connectivity index (χ3n) is 2.84. The second-order valence-corrected chi connectivity index (χ2v) is 4.15. The largest absolute Gasteiger partial charge is 0.495 e. The van der Waals surface area contributed by atoms with Gasteiger partial charge in [-0.2, -0.15) is 5.26 Å². The van der Waals surface area contributed by atoms with Gasteiger partial charge in [0.25, 0.3) is 0 Å². The first-order valence-corrected chi connectivity index (χ1v) is 6.08. The number of rotatable bonds is 6. The van der Waals surface area contributed by atoms with Crippen LogP contribution in [0.25, 0.3) is 0 Å². The summed E-state index contributed by atoms with van der Waals surface area (Å²) in [6.07, 6.45) is 4.40. The number of nitrogens with zero attached hydrogens (tertiary/aromatic N) is 2. The third kappa shape index (κ3) is 3.57. The minimum absolute atomic E-state index is 0.565. The molecule has 2 rings (SSSR count). The maximum Gasteiger partial charge on any atom is 0.136 e.